The van der Waals surface area contributed by atoms with E-state index in [0.29, 0.717) is 16.9 Å². The third kappa shape index (κ3) is 3.48. The number of anilines is 2. The van der Waals surface area contributed by atoms with Crippen molar-refractivity contribution in [3.05, 3.63) is 59.4 Å². The fraction of sp³-hybridized carbons (Fsp3) is 0.0714. The third-order valence-corrected chi connectivity index (χ3v) is 2.80. The summed E-state index contributed by atoms with van der Waals surface area (Å²) in [5.74, 6) is -2.20. The number of hydrogen-bond donors (Lipinski definition) is 2. The topological polar surface area (TPSA) is 24.1 Å². The summed E-state index contributed by atoms with van der Waals surface area (Å²) in [7, 11) is 0. The maximum absolute atomic E-state index is 13.1. The lowest BCUT2D eigenvalue weighted by Crippen LogP contribution is -2.19. The lowest BCUT2D eigenvalue weighted by molar-refractivity contribution is 0.509. The summed E-state index contributed by atoms with van der Waals surface area (Å²) in [4.78, 5) is 0. The van der Waals surface area contributed by atoms with Crippen LogP contribution in [0.4, 0.5) is 24.5 Å². The second kappa shape index (κ2) is 5.92. The number of rotatable bonds is 2. The fourth-order valence-electron chi connectivity index (χ4n) is 1.59. The van der Waals surface area contributed by atoms with Crippen LogP contribution in [0.1, 0.15) is 5.56 Å². The summed E-state index contributed by atoms with van der Waals surface area (Å²) in [6.07, 6.45) is 0. The molecule has 2 aromatic rings. The van der Waals surface area contributed by atoms with Crippen LogP contribution in [-0.2, 0) is 0 Å². The lowest BCUT2D eigenvalue weighted by atomic mass is 10.2. The summed E-state index contributed by atoms with van der Waals surface area (Å²) in [6, 6.07) is 7.80. The molecular formula is C14H11F3N2S. The molecule has 2 N–H and O–H groups in total. The first-order chi connectivity index (χ1) is 9.45. The predicted molar refractivity (Wildman–Crippen MR) is 77.3 cm³/mol. The number of nitrogens with one attached hydrogen (secondary N) is 2. The van der Waals surface area contributed by atoms with E-state index >= 15 is 0 Å². The highest BCUT2D eigenvalue weighted by Crippen LogP contribution is 2.16. The van der Waals surface area contributed by atoms with Gasteiger partial charge in [-0.25, -0.2) is 13.2 Å². The highest BCUT2D eigenvalue weighted by molar-refractivity contribution is 7.80. The van der Waals surface area contributed by atoms with E-state index in [9.17, 15) is 13.2 Å². The molecule has 0 bridgehead atoms. The lowest BCUT2D eigenvalue weighted by Gasteiger charge is -2.11. The van der Waals surface area contributed by atoms with Crippen molar-refractivity contribution in [2.45, 2.75) is 6.92 Å². The number of benzene rings is 2. The molecule has 0 radical (unpaired) electrons. The first kappa shape index (κ1) is 14.3. The molecule has 104 valence electrons. The Balaban J connectivity index is 2.04. The minimum Gasteiger partial charge on any atom is -0.332 e. The van der Waals surface area contributed by atoms with E-state index in [1.807, 2.05) is 0 Å². The summed E-state index contributed by atoms with van der Waals surface area (Å²) >= 11 is 5.04. The standard InChI is InChI=1S/C14H11F3N2S/c1-8-6-9(2-4-11(8)15)18-14(20)19-10-3-5-12(16)13(17)7-10/h2-7H,1H3,(H2,18,19,20). The van der Waals surface area contributed by atoms with Crippen LogP contribution in [-0.4, -0.2) is 5.11 Å². The Hall–Kier alpha value is -2.08. The molecule has 20 heavy (non-hydrogen) atoms. The molecule has 0 aliphatic carbocycles. The maximum Gasteiger partial charge on any atom is 0.175 e. The average molecular weight is 296 g/mol. The van der Waals surface area contributed by atoms with Crippen LogP contribution < -0.4 is 10.6 Å². The molecule has 0 aliphatic rings. The first-order valence-electron chi connectivity index (χ1n) is 5.75. The molecule has 0 atom stereocenters. The Morgan fingerprint density at radius 1 is 0.850 bits per heavy atom. The summed E-state index contributed by atoms with van der Waals surface area (Å²) in [5, 5.41) is 5.74. The molecular weight excluding hydrogens is 285 g/mol. The van der Waals surface area contributed by atoms with Crippen molar-refractivity contribution >= 4 is 28.7 Å². The van der Waals surface area contributed by atoms with E-state index in [1.165, 1.54) is 18.2 Å². The molecule has 0 saturated heterocycles. The van der Waals surface area contributed by atoms with Crippen LogP contribution in [0.25, 0.3) is 0 Å². The van der Waals surface area contributed by atoms with Gasteiger partial charge in [-0.05, 0) is 55.0 Å². The monoisotopic (exact) mass is 296 g/mol. The van der Waals surface area contributed by atoms with Crippen molar-refractivity contribution in [3.63, 3.8) is 0 Å². The molecule has 2 nitrogen and oxygen atoms in total. The number of thiocarbonyl (C=S) groups is 1. The molecule has 0 fully saturated rings. The van der Waals surface area contributed by atoms with Gasteiger partial charge in [0.05, 0.1) is 0 Å². The van der Waals surface area contributed by atoms with Gasteiger partial charge in [0.25, 0.3) is 0 Å². The molecule has 0 aliphatic heterocycles. The van der Waals surface area contributed by atoms with E-state index in [4.69, 9.17) is 12.2 Å². The van der Waals surface area contributed by atoms with Crippen LogP contribution in [0.15, 0.2) is 36.4 Å². The van der Waals surface area contributed by atoms with E-state index < -0.39 is 11.6 Å². The SMILES string of the molecule is Cc1cc(NC(=S)Nc2ccc(F)c(F)c2)ccc1F. The van der Waals surface area contributed by atoms with Crippen molar-refractivity contribution in [2.24, 2.45) is 0 Å². The molecule has 0 amide bonds. The zero-order valence-corrected chi connectivity index (χ0v) is 11.3. The van der Waals surface area contributed by atoms with Crippen molar-refractivity contribution < 1.29 is 13.2 Å². The van der Waals surface area contributed by atoms with Gasteiger partial charge < -0.3 is 10.6 Å². The molecule has 6 heteroatoms. The summed E-state index contributed by atoms with van der Waals surface area (Å²) in [6.45, 7) is 1.63. The quantitative estimate of drug-likeness (QED) is 0.811. The van der Waals surface area contributed by atoms with Crippen molar-refractivity contribution in [1.29, 1.82) is 0 Å². The Kier molecular flexibility index (Phi) is 4.24. The summed E-state index contributed by atoms with van der Waals surface area (Å²) in [5.41, 5.74) is 1.40. The fourth-order valence-corrected chi connectivity index (χ4v) is 1.83. The Bertz CT molecular complexity index is 603. The van der Waals surface area contributed by atoms with Crippen LogP contribution >= 0.6 is 12.2 Å². The largest absolute Gasteiger partial charge is 0.332 e. The van der Waals surface area contributed by atoms with E-state index in [2.05, 4.69) is 10.6 Å². The zero-order chi connectivity index (χ0) is 14.7. The smallest absolute Gasteiger partial charge is 0.175 e. The van der Waals surface area contributed by atoms with Gasteiger partial charge in [0.15, 0.2) is 16.7 Å². The molecule has 0 saturated carbocycles. The second-order valence-electron chi connectivity index (χ2n) is 4.17. The van der Waals surface area contributed by atoms with Crippen molar-refractivity contribution in [3.8, 4) is 0 Å². The van der Waals surface area contributed by atoms with Gasteiger partial charge in [0, 0.05) is 17.4 Å². The van der Waals surface area contributed by atoms with Gasteiger partial charge in [-0.1, -0.05) is 0 Å². The highest BCUT2D eigenvalue weighted by atomic mass is 32.1. The van der Waals surface area contributed by atoms with Crippen molar-refractivity contribution in [1.82, 2.24) is 0 Å². The van der Waals surface area contributed by atoms with Gasteiger partial charge in [0.2, 0.25) is 0 Å². The second-order valence-corrected chi connectivity index (χ2v) is 4.58. The van der Waals surface area contributed by atoms with Crippen LogP contribution in [0, 0.1) is 24.4 Å². The number of hydrogen-bond acceptors (Lipinski definition) is 1. The van der Waals surface area contributed by atoms with Gasteiger partial charge in [-0.15, -0.1) is 0 Å². The van der Waals surface area contributed by atoms with E-state index in [0.717, 1.165) is 12.1 Å². The minimum absolute atomic E-state index is 0.196. The zero-order valence-electron chi connectivity index (χ0n) is 10.5. The number of aryl methyl sites for hydroxylation is 1. The van der Waals surface area contributed by atoms with Crippen LogP contribution in [0.5, 0.6) is 0 Å². The molecule has 2 rings (SSSR count). The molecule has 0 heterocycles. The minimum atomic E-state index is -0.963. The first-order valence-corrected chi connectivity index (χ1v) is 6.16. The van der Waals surface area contributed by atoms with Crippen LogP contribution in [0.2, 0.25) is 0 Å². The Labute approximate surface area is 119 Å². The maximum atomic E-state index is 13.1. The third-order valence-electron chi connectivity index (χ3n) is 2.59. The predicted octanol–water partition coefficient (Wildman–Crippen LogP) is 4.22. The molecule has 2 aromatic carbocycles. The average Bonchev–Trinajstić information content (AvgIpc) is 2.38. The van der Waals surface area contributed by atoms with Gasteiger partial charge in [-0.2, -0.15) is 0 Å². The Morgan fingerprint density at radius 3 is 1.95 bits per heavy atom. The van der Waals surface area contributed by atoms with Crippen molar-refractivity contribution in [2.75, 3.05) is 10.6 Å². The van der Waals surface area contributed by atoms with Crippen LogP contribution in [0.3, 0.4) is 0 Å². The Morgan fingerprint density at radius 2 is 1.40 bits per heavy atom. The van der Waals surface area contributed by atoms with Gasteiger partial charge >= 0.3 is 0 Å². The molecule has 0 spiro atoms. The van der Waals surface area contributed by atoms with Gasteiger partial charge in [0.1, 0.15) is 5.82 Å². The van der Waals surface area contributed by atoms with E-state index in [-0.39, 0.29) is 10.9 Å². The highest BCUT2D eigenvalue weighted by Gasteiger charge is 2.05. The summed E-state index contributed by atoms with van der Waals surface area (Å²) < 4.78 is 38.9. The number of halogens is 3. The van der Waals surface area contributed by atoms with Gasteiger partial charge in [-0.3, -0.25) is 0 Å². The normalized spacial score (nSPS) is 10.2. The molecule has 0 unspecified atom stereocenters. The molecule has 0 aromatic heterocycles. The van der Waals surface area contributed by atoms with E-state index in [1.54, 1.807) is 13.0 Å².